The van der Waals surface area contributed by atoms with E-state index in [0.717, 1.165) is 23.9 Å². The van der Waals surface area contributed by atoms with E-state index < -0.39 is 17.8 Å². The minimum atomic E-state index is -0.636. The van der Waals surface area contributed by atoms with Crippen molar-refractivity contribution in [3.05, 3.63) is 58.7 Å². The predicted molar refractivity (Wildman–Crippen MR) is 89.7 cm³/mol. The number of methoxy groups -OCH3 is 2. The Hall–Kier alpha value is -3.29. The van der Waals surface area contributed by atoms with Gasteiger partial charge in [0.15, 0.2) is 5.69 Å². The van der Waals surface area contributed by atoms with Crippen molar-refractivity contribution >= 4 is 17.8 Å². The highest BCUT2D eigenvalue weighted by Gasteiger charge is 2.26. The van der Waals surface area contributed by atoms with Gasteiger partial charge in [-0.2, -0.15) is 0 Å². The monoisotopic (exact) mass is 355 g/mol. The quantitative estimate of drug-likeness (QED) is 0.827. The summed E-state index contributed by atoms with van der Waals surface area (Å²) in [4.78, 5) is 43.3. The Morgan fingerprint density at radius 2 is 1.77 bits per heavy atom. The molecule has 0 unspecified atom stereocenters. The largest absolute Gasteiger partial charge is 0.465 e. The molecule has 0 radical (unpaired) electrons. The van der Waals surface area contributed by atoms with E-state index in [4.69, 9.17) is 4.74 Å². The average molecular weight is 355 g/mol. The lowest BCUT2D eigenvalue weighted by molar-refractivity contribution is 0.0587. The number of aromatic nitrogens is 2. The van der Waals surface area contributed by atoms with E-state index in [1.165, 1.54) is 20.3 Å². The lowest BCUT2D eigenvalue weighted by Crippen LogP contribution is -2.28. The Balaban J connectivity index is 1.76. The van der Waals surface area contributed by atoms with Gasteiger partial charge in [-0.3, -0.25) is 4.79 Å². The molecule has 1 amide bonds. The molecule has 0 bridgehead atoms. The number of rotatable bonds is 4. The van der Waals surface area contributed by atoms with Gasteiger partial charge in [0.05, 0.1) is 25.8 Å². The van der Waals surface area contributed by atoms with Gasteiger partial charge in [-0.25, -0.2) is 19.6 Å². The molecule has 0 saturated carbocycles. The molecular formula is C18H17N3O5. The predicted octanol–water partition coefficient (Wildman–Crippen LogP) is 1.47. The van der Waals surface area contributed by atoms with Crippen molar-refractivity contribution in [2.45, 2.75) is 18.9 Å². The highest BCUT2D eigenvalue weighted by Crippen LogP contribution is 2.32. The molecule has 1 aliphatic carbocycles. The molecule has 134 valence electrons. The van der Waals surface area contributed by atoms with Crippen LogP contribution in [0.1, 0.15) is 54.9 Å². The standard InChI is InChI=1S/C18H17N3O5/c1-25-17(23)11-3-5-12-10(7-11)4-6-13(12)21-16(22)14-8-15(18(24)26-2)20-9-19-14/h3,5,7-9,13H,4,6H2,1-2H3,(H,21,22)/t13-/m0/s1. The Morgan fingerprint density at radius 3 is 2.50 bits per heavy atom. The fraction of sp³-hybridized carbons (Fsp3) is 0.278. The summed E-state index contributed by atoms with van der Waals surface area (Å²) < 4.78 is 9.32. The van der Waals surface area contributed by atoms with Crippen molar-refractivity contribution in [1.82, 2.24) is 15.3 Å². The summed E-state index contributed by atoms with van der Waals surface area (Å²) in [7, 11) is 2.57. The lowest BCUT2D eigenvalue weighted by atomic mass is 10.0. The van der Waals surface area contributed by atoms with Crippen molar-refractivity contribution in [3.63, 3.8) is 0 Å². The number of hydrogen-bond donors (Lipinski definition) is 1. The fourth-order valence-electron chi connectivity index (χ4n) is 2.94. The summed E-state index contributed by atoms with van der Waals surface area (Å²) in [6.07, 6.45) is 2.59. The van der Waals surface area contributed by atoms with Gasteiger partial charge in [0, 0.05) is 6.07 Å². The number of aryl methyl sites for hydroxylation is 1. The molecule has 1 aromatic carbocycles. The normalized spacial score (nSPS) is 15.1. The van der Waals surface area contributed by atoms with Crippen LogP contribution in [0.4, 0.5) is 0 Å². The number of carbonyl (C=O) groups excluding carboxylic acids is 3. The van der Waals surface area contributed by atoms with Gasteiger partial charge >= 0.3 is 11.9 Å². The maximum Gasteiger partial charge on any atom is 0.356 e. The van der Waals surface area contributed by atoms with Crippen LogP contribution in [0.3, 0.4) is 0 Å². The average Bonchev–Trinajstić information content (AvgIpc) is 3.08. The van der Waals surface area contributed by atoms with E-state index in [9.17, 15) is 14.4 Å². The molecule has 1 atom stereocenters. The van der Waals surface area contributed by atoms with E-state index in [2.05, 4.69) is 20.0 Å². The molecule has 1 aromatic heterocycles. The zero-order valence-corrected chi connectivity index (χ0v) is 14.3. The minimum Gasteiger partial charge on any atom is -0.465 e. The van der Waals surface area contributed by atoms with Gasteiger partial charge in [0.25, 0.3) is 5.91 Å². The number of nitrogens with zero attached hydrogens (tertiary/aromatic N) is 2. The van der Waals surface area contributed by atoms with Gasteiger partial charge in [-0.15, -0.1) is 0 Å². The van der Waals surface area contributed by atoms with Gasteiger partial charge in [0.2, 0.25) is 0 Å². The summed E-state index contributed by atoms with van der Waals surface area (Å²) in [5.74, 6) is -1.44. The van der Waals surface area contributed by atoms with Crippen LogP contribution in [0, 0.1) is 0 Å². The molecular weight excluding hydrogens is 338 g/mol. The third kappa shape index (κ3) is 3.39. The molecule has 3 rings (SSSR count). The first-order valence-corrected chi connectivity index (χ1v) is 7.96. The molecule has 1 aliphatic rings. The smallest absolute Gasteiger partial charge is 0.356 e. The number of ether oxygens (including phenoxy) is 2. The molecule has 0 fully saturated rings. The summed E-state index contributed by atoms with van der Waals surface area (Å²) in [6, 6.07) is 6.38. The number of nitrogens with one attached hydrogen (secondary N) is 1. The molecule has 0 saturated heterocycles. The van der Waals surface area contributed by atoms with Crippen molar-refractivity contribution < 1.29 is 23.9 Å². The van der Waals surface area contributed by atoms with E-state index in [-0.39, 0.29) is 17.4 Å². The Bertz CT molecular complexity index is 881. The van der Waals surface area contributed by atoms with E-state index in [0.29, 0.717) is 12.0 Å². The second-order valence-electron chi connectivity index (χ2n) is 5.75. The molecule has 0 aliphatic heterocycles. The fourth-order valence-corrected chi connectivity index (χ4v) is 2.94. The van der Waals surface area contributed by atoms with Crippen LogP contribution in [-0.4, -0.2) is 42.0 Å². The summed E-state index contributed by atoms with van der Waals surface area (Å²) in [5.41, 5.74) is 2.53. The Labute approximate surface area is 149 Å². The zero-order valence-electron chi connectivity index (χ0n) is 14.3. The van der Waals surface area contributed by atoms with Crippen molar-refractivity contribution in [1.29, 1.82) is 0 Å². The number of benzene rings is 1. The van der Waals surface area contributed by atoms with Crippen molar-refractivity contribution in [3.8, 4) is 0 Å². The topological polar surface area (TPSA) is 107 Å². The van der Waals surface area contributed by atoms with Gasteiger partial charge in [-0.05, 0) is 36.1 Å². The summed E-state index contributed by atoms with van der Waals surface area (Å²) in [5, 5.41) is 2.90. The molecule has 8 heteroatoms. The molecule has 8 nitrogen and oxygen atoms in total. The molecule has 26 heavy (non-hydrogen) atoms. The van der Waals surface area contributed by atoms with Gasteiger partial charge in [-0.1, -0.05) is 6.07 Å². The van der Waals surface area contributed by atoms with Crippen LogP contribution >= 0.6 is 0 Å². The van der Waals surface area contributed by atoms with E-state index >= 15 is 0 Å². The van der Waals surface area contributed by atoms with Crippen LogP contribution in [0.5, 0.6) is 0 Å². The number of amides is 1. The van der Waals surface area contributed by atoms with Crippen molar-refractivity contribution in [2.75, 3.05) is 14.2 Å². The number of fused-ring (bicyclic) bond motifs is 1. The van der Waals surface area contributed by atoms with E-state index in [1.807, 2.05) is 6.07 Å². The molecule has 1 N–H and O–H groups in total. The Morgan fingerprint density at radius 1 is 1.04 bits per heavy atom. The second-order valence-corrected chi connectivity index (χ2v) is 5.75. The summed E-state index contributed by atoms with van der Waals surface area (Å²) in [6.45, 7) is 0. The van der Waals surface area contributed by atoms with Crippen LogP contribution in [-0.2, 0) is 15.9 Å². The SMILES string of the molecule is COC(=O)c1ccc2c(c1)CC[C@@H]2NC(=O)c1cc(C(=O)OC)ncn1. The highest BCUT2D eigenvalue weighted by atomic mass is 16.5. The zero-order chi connectivity index (χ0) is 18.7. The number of carbonyl (C=O) groups is 3. The molecule has 2 aromatic rings. The highest BCUT2D eigenvalue weighted by molar-refractivity contribution is 5.95. The number of esters is 2. The molecule has 0 spiro atoms. The minimum absolute atomic E-state index is 0.0159. The van der Waals surface area contributed by atoms with Crippen LogP contribution in [0.15, 0.2) is 30.6 Å². The van der Waals surface area contributed by atoms with E-state index in [1.54, 1.807) is 12.1 Å². The van der Waals surface area contributed by atoms with Crippen LogP contribution in [0.2, 0.25) is 0 Å². The van der Waals surface area contributed by atoms with Gasteiger partial charge in [0.1, 0.15) is 12.0 Å². The lowest BCUT2D eigenvalue weighted by Gasteiger charge is -2.14. The third-order valence-electron chi connectivity index (χ3n) is 4.24. The van der Waals surface area contributed by atoms with Crippen molar-refractivity contribution in [2.24, 2.45) is 0 Å². The van der Waals surface area contributed by atoms with Crippen LogP contribution < -0.4 is 5.32 Å². The maximum absolute atomic E-state index is 12.5. The molecule has 1 heterocycles. The first kappa shape index (κ1) is 17.5. The third-order valence-corrected chi connectivity index (χ3v) is 4.24. The van der Waals surface area contributed by atoms with Gasteiger partial charge < -0.3 is 14.8 Å². The second kappa shape index (κ2) is 7.30. The Kier molecular flexibility index (Phi) is 4.92. The first-order chi connectivity index (χ1) is 12.5. The summed E-state index contributed by atoms with van der Waals surface area (Å²) >= 11 is 0. The van der Waals surface area contributed by atoms with Crippen LogP contribution in [0.25, 0.3) is 0 Å². The number of hydrogen-bond acceptors (Lipinski definition) is 7. The first-order valence-electron chi connectivity index (χ1n) is 7.96. The maximum atomic E-state index is 12.5.